The van der Waals surface area contributed by atoms with Crippen LogP contribution in [-0.2, 0) is 9.59 Å². The van der Waals surface area contributed by atoms with Crippen LogP contribution in [0, 0.1) is 0 Å². The molecule has 0 spiro atoms. The maximum atomic E-state index is 12.4. The molecule has 1 saturated heterocycles. The summed E-state index contributed by atoms with van der Waals surface area (Å²) in [5.41, 5.74) is 0. The topological polar surface area (TPSA) is 90.0 Å². The zero-order valence-corrected chi connectivity index (χ0v) is 12.3. The number of carboxylic acid groups (broad SMARTS) is 1. The minimum absolute atomic E-state index is 0.0583. The van der Waals surface area contributed by atoms with Gasteiger partial charge in [-0.25, -0.2) is 4.79 Å². The van der Waals surface area contributed by atoms with E-state index in [9.17, 15) is 14.4 Å². The number of nitrogens with one attached hydrogen (secondary N) is 1. The van der Waals surface area contributed by atoms with E-state index >= 15 is 0 Å². The van der Waals surface area contributed by atoms with Crippen molar-refractivity contribution in [2.45, 2.75) is 45.2 Å². The number of carbonyl (C=O) groups is 3. The number of aliphatic carboxylic acids is 1. The molecule has 2 unspecified atom stereocenters. The van der Waals surface area contributed by atoms with Gasteiger partial charge in [-0.05, 0) is 13.3 Å². The summed E-state index contributed by atoms with van der Waals surface area (Å²) in [4.78, 5) is 38.0. The van der Waals surface area contributed by atoms with Crippen LogP contribution in [0.15, 0.2) is 0 Å². The van der Waals surface area contributed by atoms with Crippen LogP contribution in [0.2, 0.25) is 0 Å². The third-order valence-electron chi connectivity index (χ3n) is 3.61. The monoisotopic (exact) mass is 285 g/mol. The normalized spacial score (nSPS) is 20.2. The van der Waals surface area contributed by atoms with Gasteiger partial charge in [-0.15, -0.1) is 0 Å². The van der Waals surface area contributed by atoms with Crippen LogP contribution >= 0.6 is 0 Å². The second-order valence-corrected chi connectivity index (χ2v) is 5.13. The molecule has 0 bridgehead atoms. The molecule has 3 amide bonds. The van der Waals surface area contributed by atoms with Crippen molar-refractivity contribution in [2.75, 3.05) is 20.1 Å². The fourth-order valence-corrected chi connectivity index (χ4v) is 2.31. The fraction of sp³-hybridized carbons (Fsp3) is 0.769. The first-order valence-corrected chi connectivity index (χ1v) is 6.91. The molecule has 0 aromatic carbocycles. The summed E-state index contributed by atoms with van der Waals surface area (Å²) in [5.74, 6) is -1.49. The minimum Gasteiger partial charge on any atom is -0.481 e. The number of amides is 3. The van der Waals surface area contributed by atoms with Crippen molar-refractivity contribution < 1.29 is 19.5 Å². The van der Waals surface area contributed by atoms with E-state index in [1.807, 2.05) is 13.8 Å². The fourth-order valence-electron chi connectivity index (χ4n) is 2.31. The number of piperazine rings is 1. The maximum Gasteiger partial charge on any atom is 0.320 e. The van der Waals surface area contributed by atoms with Crippen molar-refractivity contribution in [3.63, 3.8) is 0 Å². The Morgan fingerprint density at radius 3 is 2.75 bits per heavy atom. The summed E-state index contributed by atoms with van der Waals surface area (Å²) in [5, 5.41) is 11.5. The van der Waals surface area contributed by atoms with Gasteiger partial charge in [0.1, 0.15) is 6.04 Å². The molecule has 0 radical (unpaired) electrons. The van der Waals surface area contributed by atoms with E-state index in [-0.39, 0.29) is 18.5 Å². The quantitative estimate of drug-likeness (QED) is 0.769. The number of carbonyl (C=O) groups excluding carboxylic acids is 2. The molecule has 1 fully saturated rings. The van der Waals surface area contributed by atoms with Gasteiger partial charge in [0.15, 0.2) is 0 Å². The van der Waals surface area contributed by atoms with Crippen LogP contribution in [0.3, 0.4) is 0 Å². The summed E-state index contributed by atoms with van der Waals surface area (Å²) in [7, 11) is 1.69. The van der Waals surface area contributed by atoms with Crippen molar-refractivity contribution in [1.82, 2.24) is 15.1 Å². The van der Waals surface area contributed by atoms with Crippen molar-refractivity contribution in [3.8, 4) is 0 Å². The van der Waals surface area contributed by atoms with Gasteiger partial charge in [0.25, 0.3) is 0 Å². The average Bonchev–Trinajstić information content (AvgIpc) is 2.39. The molecule has 0 saturated carbocycles. The molecular formula is C13H23N3O4. The third kappa shape index (κ3) is 3.85. The van der Waals surface area contributed by atoms with Gasteiger partial charge in [-0.2, -0.15) is 0 Å². The highest BCUT2D eigenvalue weighted by atomic mass is 16.4. The van der Waals surface area contributed by atoms with Gasteiger partial charge in [0.05, 0.1) is 6.42 Å². The van der Waals surface area contributed by atoms with E-state index < -0.39 is 17.9 Å². The first kappa shape index (κ1) is 16.3. The van der Waals surface area contributed by atoms with Crippen LogP contribution in [0.1, 0.15) is 33.1 Å². The smallest absolute Gasteiger partial charge is 0.320 e. The summed E-state index contributed by atoms with van der Waals surface area (Å²) >= 11 is 0. The molecule has 0 aromatic heterocycles. The summed E-state index contributed by atoms with van der Waals surface area (Å²) in [6.07, 6.45) is 1.46. The van der Waals surface area contributed by atoms with Crippen LogP contribution in [0.25, 0.3) is 0 Å². The molecule has 7 heteroatoms. The Bertz CT molecular complexity index is 386. The number of hydrogen-bond acceptors (Lipinski definition) is 3. The zero-order valence-electron chi connectivity index (χ0n) is 12.3. The Labute approximate surface area is 118 Å². The van der Waals surface area contributed by atoms with Crippen molar-refractivity contribution in [3.05, 3.63) is 0 Å². The van der Waals surface area contributed by atoms with Gasteiger partial charge >= 0.3 is 12.0 Å². The Kier molecular flexibility index (Phi) is 5.79. The number of nitrogens with zero attached hydrogens (tertiary/aromatic N) is 2. The molecule has 2 N–H and O–H groups in total. The lowest BCUT2D eigenvalue weighted by Crippen LogP contribution is -2.60. The van der Waals surface area contributed by atoms with Gasteiger partial charge < -0.3 is 20.2 Å². The second-order valence-electron chi connectivity index (χ2n) is 5.13. The molecule has 0 aliphatic carbocycles. The van der Waals surface area contributed by atoms with E-state index in [1.54, 1.807) is 11.9 Å². The highest BCUT2D eigenvalue weighted by Gasteiger charge is 2.36. The first-order chi connectivity index (χ1) is 9.38. The van der Waals surface area contributed by atoms with Crippen LogP contribution < -0.4 is 5.32 Å². The summed E-state index contributed by atoms with van der Waals surface area (Å²) in [6, 6.07) is -1.15. The molecule has 114 valence electrons. The number of hydrogen-bond donors (Lipinski definition) is 2. The molecule has 20 heavy (non-hydrogen) atoms. The number of carboxylic acids is 1. The molecule has 1 rings (SSSR count). The molecule has 1 heterocycles. The minimum atomic E-state index is -1.09. The van der Waals surface area contributed by atoms with E-state index in [4.69, 9.17) is 5.11 Å². The maximum absolute atomic E-state index is 12.4. The van der Waals surface area contributed by atoms with E-state index in [0.717, 1.165) is 12.8 Å². The molecule has 1 aliphatic rings. The Balaban J connectivity index is 2.81. The van der Waals surface area contributed by atoms with Crippen molar-refractivity contribution in [2.24, 2.45) is 0 Å². The number of urea groups is 1. The molecule has 2 atom stereocenters. The summed E-state index contributed by atoms with van der Waals surface area (Å²) < 4.78 is 0. The third-order valence-corrected chi connectivity index (χ3v) is 3.61. The largest absolute Gasteiger partial charge is 0.481 e. The Hall–Kier alpha value is -1.79. The predicted molar refractivity (Wildman–Crippen MR) is 73.3 cm³/mol. The molecule has 1 aliphatic heterocycles. The lowest BCUT2D eigenvalue weighted by atomic mass is 10.1. The van der Waals surface area contributed by atoms with Crippen molar-refractivity contribution >= 4 is 17.9 Å². The SMILES string of the molecule is CCCC(C)N(C)C(=O)N1CCNC(=O)C1CC(=O)O. The zero-order chi connectivity index (χ0) is 15.3. The predicted octanol–water partition coefficient (Wildman–Crippen LogP) is 0.502. The van der Waals surface area contributed by atoms with E-state index in [1.165, 1.54) is 4.90 Å². The first-order valence-electron chi connectivity index (χ1n) is 6.91. The Morgan fingerprint density at radius 2 is 2.20 bits per heavy atom. The second kappa shape index (κ2) is 7.12. The van der Waals surface area contributed by atoms with Crippen LogP contribution in [-0.4, -0.2) is 65.0 Å². The molecular weight excluding hydrogens is 262 g/mol. The highest BCUT2D eigenvalue weighted by molar-refractivity contribution is 5.91. The van der Waals surface area contributed by atoms with Crippen molar-refractivity contribution in [1.29, 1.82) is 0 Å². The van der Waals surface area contributed by atoms with Gasteiger partial charge in [0, 0.05) is 26.2 Å². The van der Waals surface area contributed by atoms with Crippen LogP contribution in [0.4, 0.5) is 4.79 Å². The average molecular weight is 285 g/mol. The van der Waals surface area contributed by atoms with Gasteiger partial charge in [0.2, 0.25) is 5.91 Å². The van der Waals surface area contributed by atoms with Crippen LogP contribution in [0.5, 0.6) is 0 Å². The number of rotatable bonds is 5. The molecule has 0 aromatic rings. The van der Waals surface area contributed by atoms with E-state index in [0.29, 0.717) is 13.1 Å². The highest BCUT2D eigenvalue weighted by Crippen LogP contribution is 2.14. The summed E-state index contributed by atoms with van der Waals surface area (Å²) in [6.45, 7) is 4.68. The lowest BCUT2D eigenvalue weighted by molar-refractivity contribution is -0.142. The van der Waals surface area contributed by atoms with Gasteiger partial charge in [-0.3, -0.25) is 9.59 Å². The van der Waals surface area contributed by atoms with E-state index in [2.05, 4.69) is 5.32 Å². The standard InChI is InChI=1S/C13H23N3O4/c1-4-5-9(2)15(3)13(20)16-7-6-14-12(19)10(16)8-11(17)18/h9-10H,4-8H2,1-3H3,(H,14,19)(H,17,18). The molecule has 7 nitrogen and oxygen atoms in total. The Morgan fingerprint density at radius 1 is 1.55 bits per heavy atom. The van der Waals surface area contributed by atoms with Gasteiger partial charge in [-0.1, -0.05) is 13.3 Å². The lowest BCUT2D eigenvalue weighted by Gasteiger charge is -2.38.